The zero-order chi connectivity index (χ0) is 11.5. The van der Waals surface area contributed by atoms with Crippen molar-refractivity contribution in [2.24, 2.45) is 0 Å². The summed E-state index contributed by atoms with van der Waals surface area (Å²) in [6.45, 7) is 0.990. The van der Waals surface area contributed by atoms with Crippen LogP contribution in [0.3, 0.4) is 0 Å². The van der Waals surface area contributed by atoms with Gasteiger partial charge in [0.25, 0.3) is 0 Å². The van der Waals surface area contributed by atoms with E-state index in [1.807, 2.05) is 17.3 Å². The van der Waals surface area contributed by atoms with E-state index in [0.29, 0.717) is 19.5 Å². The molecule has 0 amide bonds. The predicted molar refractivity (Wildman–Crippen MR) is 58.6 cm³/mol. The third-order valence-electron chi connectivity index (χ3n) is 2.56. The molecule has 6 nitrogen and oxygen atoms in total. The van der Waals surface area contributed by atoms with Crippen molar-refractivity contribution in [3.8, 4) is 0 Å². The van der Waals surface area contributed by atoms with Crippen LogP contribution >= 0.6 is 11.8 Å². The van der Waals surface area contributed by atoms with Crippen LogP contribution in [0.4, 0.5) is 0 Å². The van der Waals surface area contributed by atoms with E-state index in [9.17, 15) is 10.2 Å². The minimum absolute atomic E-state index is 0.351. The summed E-state index contributed by atoms with van der Waals surface area (Å²) in [4.78, 5) is 1.49. The van der Waals surface area contributed by atoms with Crippen LogP contribution < -0.4 is 9.91 Å². The standard InChI is InChI=1S/C9H15N4O2S/c1-16-9-2-4-10-13(11-9)12-5-3-7(14)8(15)6-12/h2,4,7-8,14-15H,3,5-6H2,1H3/q+1/t7-,8+/m0/s1. The largest absolute Gasteiger partial charge is 0.390 e. The normalized spacial score (nSPS) is 25.8. The molecule has 1 saturated heterocycles. The number of nitrogens with zero attached hydrogens (tertiary/aromatic N) is 4. The average Bonchev–Trinajstić information content (AvgIpc) is 2.33. The van der Waals surface area contributed by atoms with Crippen molar-refractivity contribution in [3.63, 3.8) is 0 Å². The van der Waals surface area contributed by atoms with Gasteiger partial charge in [-0.25, -0.2) is 0 Å². The van der Waals surface area contributed by atoms with Crippen LogP contribution in [0, 0.1) is 0 Å². The van der Waals surface area contributed by atoms with Gasteiger partial charge in [0.05, 0.1) is 22.8 Å². The summed E-state index contributed by atoms with van der Waals surface area (Å²) in [5.74, 6) is 0. The Bertz CT molecular complexity index is 365. The summed E-state index contributed by atoms with van der Waals surface area (Å²) < 4.78 is 0. The fraction of sp³-hybridized carbons (Fsp3) is 0.667. The molecular weight excluding hydrogens is 228 g/mol. The highest BCUT2D eigenvalue weighted by atomic mass is 32.2. The first-order valence-corrected chi connectivity index (χ1v) is 6.34. The van der Waals surface area contributed by atoms with E-state index in [1.54, 1.807) is 6.20 Å². The molecule has 0 radical (unpaired) electrons. The first-order valence-electron chi connectivity index (χ1n) is 5.11. The Balaban J connectivity index is 2.12. The van der Waals surface area contributed by atoms with Crippen molar-refractivity contribution in [2.75, 3.05) is 24.4 Å². The third-order valence-corrected chi connectivity index (χ3v) is 3.20. The molecule has 1 aromatic rings. The molecule has 0 aliphatic carbocycles. The van der Waals surface area contributed by atoms with Crippen LogP contribution in [0.2, 0.25) is 0 Å². The molecular formula is C9H15N4O2S+. The fourth-order valence-corrected chi connectivity index (χ4v) is 1.97. The minimum atomic E-state index is -0.734. The number of β-amino-alcohol motifs (C(OH)–C–C–N with tert-alkyl or cyclic N) is 1. The lowest BCUT2D eigenvalue weighted by atomic mass is 10.1. The molecule has 2 N–H and O–H groups in total. The van der Waals surface area contributed by atoms with Gasteiger partial charge in [-0.15, -0.1) is 16.8 Å². The summed E-state index contributed by atoms with van der Waals surface area (Å²) in [5, 5.41) is 30.0. The molecule has 2 rings (SSSR count). The molecule has 0 saturated carbocycles. The van der Waals surface area contributed by atoms with Crippen molar-refractivity contribution >= 4 is 11.8 Å². The molecule has 1 fully saturated rings. The molecule has 0 spiro atoms. The zero-order valence-corrected chi connectivity index (χ0v) is 9.84. The van der Waals surface area contributed by atoms with Crippen molar-refractivity contribution in [3.05, 3.63) is 12.3 Å². The fourth-order valence-electron chi connectivity index (χ4n) is 1.61. The quantitative estimate of drug-likeness (QED) is 0.489. The van der Waals surface area contributed by atoms with Gasteiger partial charge in [-0.1, -0.05) is 0 Å². The van der Waals surface area contributed by atoms with Gasteiger partial charge in [0.2, 0.25) is 0 Å². The lowest BCUT2D eigenvalue weighted by Gasteiger charge is -2.27. The highest BCUT2D eigenvalue weighted by Crippen LogP contribution is 2.08. The second kappa shape index (κ2) is 4.94. The van der Waals surface area contributed by atoms with Crippen molar-refractivity contribution in [1.29, 1.82) is 0 Å². The van der Waals surface area contributed by atoms with Gasteiger partial charge >= 0.3 is 0 Å². The summed E-state index contributed by atoms with van der Waals surface area (Å²) in [6.07, 6.45) is 2.78. The minimum Gasteiger partial charge on any atom is -0.390 e. The van der Waals surface area contributed by atoms with E-state index in [-0.39, 0.29) is 0 Å². The first kappa shape index (κ1) is 11.6. The maximum Gasteiger partial charge on any atom is 0.171 e. The number of hydrogen-bond donors (Lipinski definition) is 2. The van der Waals surface area contributed by atoms with Crippen LogP contribution in [-0.2, 0) is 0 Å². The van der Waals surface area contributed by atoms with Crippen LogP contribution in [-0.4, -0.2) is 52.0 Å². The van der Waals surface area contributed by atoms with Gasteiger partial charge < -0.3 is 10.2 Å². The monoisotopic (exact) mass is 243 g/mol. The first-order chi connectivity index (χ1) is 7.70. The Morgan fingerprint density at radius 1 is 1.50 bits per heavy atom. The topological polar surface area (TPSA) is 73.4 Å². The summed E-state index contributed by atoms with van der Waals surface area (Å²) in [6, 6.07) is 1.83. The van der Waals surface area contributed by atoms with E-state index >= 15 is 0 Å². The molecule has 0 bridgehead atoms. The average molecular weight is 243 g/mol. The van der Waals surface area contributed by atoms with Crippen molar-refractivity contribution in [1.82, 2.24) is 10.2 Å². The molecule has 88 valence electrons. The molecule has 2 atom stereocenters. The van der Waals surface area contributed by atoms with Crippen LogP contribution in [0.25, 0.3) is 0 Å². The molecule has 0 aromatic carbocycles. The molecule has 1 aliphatic rings. The maximum atomic E-state index is 9.57. The number of aliphatic hydroxyl groups is 2. The predicted octanol–water partition coefficient (Wildman–Crippen LogP) is -1.45. The lowest BCUT2D eigenvalue weighted by Crippen LogP contribution is -2.68. The van der Waals surface area contributed by atoms with Gasteiger partial charge in [-0.05, 0) is 12.7 Å². The molecule has 2 heterocycles. The number of piperidine rings is 1. The molecule has 16 heavy (non-hydrogen) atoms. The second-order valence-electron chi connectivity index (χ2n) is 3.68. The van der Waals surface area contributed by atoms with Gasteiger partial charge in [-0.2, -0.15) is 0 Å². The molecule has 0 unspecified atom stereocenters. The van der Waals surface area contributed by atoms with Crippen LogP contribution in [0.15, 0.2) is 17.3 Å². The Hall–Kier alpha value is -0.920. The summed E-state index contributed by atoms with van der Waals surface area (Å²) >= 11 is 1.54. The Kier molecular flexibility index (Phi) is 3.57. The van der Waals surface area contributed by atoms with E-state index in [0.717, 1.165) is 5.03 Å². The summed E-state index contributed by atoms with van der Waals surface area (Å²) in [7, 11) is 0. The van der Waals surface area contributed by atoms with Crippen LogP contribution in [0.1, 0.15) is 6.42 Å². The lowest BCUT2D eigenvalue weighted by molar-refractivity contribution is -0.807. The Morgan fingerprint density at radius 3 is 3.00 bits per heavy atom. The van der Waals surface area contributed by atoms with Gasteiger partial charge in [0.1, 0.15) is 18.8 Å². The van der Waals surface area contributed by atoms with E-state index in [2.05, 4.69) is 10.2 Å². The Labute approximate surface area is 97.9 Å². The second-order valence-corrected chi connectivity index (χ2v) is 4.50. The van der Waals surface area contributed by atoms with Crippen molar-refractivity contribution in [2.45, 2.75) is 23.7 Å². The molecule has 1 aromatic heterocycles. The maximum absolute atomic E-state index is 9.57. The number of aliphatic hydroxyl groups excluding tert-OH is 2. The molecule has 7 heteroatoms. The number of aromatic nitrogens is 3. The van der Waals surface area contributed by atoms with Crippen molar-refractivity contribution < 1.29 is 15.1 Å². The van der Waals surface area contributed by atoms with E-state index in [4.69, 9.17) is 0 Å². The van der Waals surface area contributed by atoms with Gasteiger partial charge in [-0.3, -0.25) is 0 Å². The zero-order valence-electron chi connectivity index (χ0n) is 9.02. The Morgan fingerprint density at radius 2 is 2.31 bits per heavy atom. The number of thioether (sulfide) groups is 1. The van der Waals surface area contributed by atoms with E-state index in [1.165, 1.54) is 16.7 Å². The van der Waals surface area contributed by atoms with Gasteiger partial charge in [0, 0.05) is 6.07 Å². The molecule has 1 aliphatic heterocycles. The van der Waals surface area contributed by atoms with Crippen LogP contribution in [0.5, 0.6) is 0 Å². The highest BCUT2D eigenvalue weighted by molar-refractivity contribution is 7.98. The SMILES string of the molecule is CSc1ccn[n+](N2CC[C@H](O)[C@H](O)C2)n1. The summed E-state index contributed by atoms with van der Waals surface area (Å²) in [5.41, 5.74) is 0. The van der Waals surface area contributed by atoms with E-state index < -0.39 is 12.2 Å². The van der Waals surface area contributed by atoms with Gasteiger partial charge in [0.15, 0.2) is 9.93 Å². The highest BCUT2D eigenvalue weighted by Gasteiger charge is 2.32. The number of rotatable bonds is 2. The number of hydrogen-bond acceptors (Lipinski definition) is 6. The smallest absolute Gasteiger partial charge is 0.171 e. The third kappa shape index (κ3) is 2.42.